The number of carboxylic acid groups (broad SMARTS) is 1. The van der Waals surface area contributed by atoms with Crippen molar-refractivity contribution in [2.24, 2.45) is 0 Å². The van der Waals surface area contributed by atoms with Crippen molar-refractivity contribution >= 4 is 11.7 Å². The second-order valence-electron chi connectivity index (χ2n) is 6.00. The molecule has 1 aliphatic rings. The molecule has 1 aromatic carbocycles. The third-order valence-corrected chi connectivity index (χ3v) is 3.98. The van der Waals surface area contributed by atoms with E-state index in [-0.39, 0.29) is 17.3 Å². The molecule has 0 fully saturated rings. The molecule has 1 heterocycles. The fourth-order valence-electron chi connectivity index (χ4n) is 3.27. The lowest BCUT2D eigenvalue weighted by molar-refractivity contribution is -0.138. The van der Waals surface area contributed by atoms with Crippen molar-refractivity contribution in [3.8, 4) is 0 Å². The number of halogens is 1. The quantitative estimate of drug-likeness (QED) is 0.891. The fourth-order valence-corrected chi connectivity index (χ4v) is 3.27. The number of carboxylic acids is 1. The van der Waals surface area contributed by atoms with Gasteiger partial charge in [0.05, 0.1) is 0 Å². The summed E-state index contributed by atoms with van der Waals surface area (Å²) in [5.74, 6) is -0.913. The van der Waals surface area contributed by atoms with E-state index < -0.39 is 12.0 Å². The average molecular weight is 265 g/mol. The zero-order chi connectivity index (χ0) is 14.4. The van der Waals surface area contributed by atoms with E-state index >= 15 is 0 Å². The summed E-state index contributed by atoms with van der Waals surface area (Å²) in [7, 11) is 0. The van der Waals surface area contributed by atoms with Gasteiger partial charge >= 0.3 is 5.97 Å². The third-order valence-electron chi connectivity index (χ3n) is 3.98. The molecule has 0 bridgehead atoms. The maximum absolute atomic E-state index is 13.4. The van der Waals surface area contributed by atoms with Crippen LogP contribution in [0.2, 0.25) is 0 Å². The minimum Gasteiger partial charge on any atom is -0.480 e. The molecule has 0 radical (unpaired) electrons. The molecule has 19 heavy (non-hydrogen) atoms. The zero-order valence-corrected chi connectivity index (χ0v) is 11.8. The number of fused-ring (bicyclic) bond motifs is 1. The van der Waals surface area contributed by atoms with Crippen molar-refractivity contribution in [2.45, 2.75) is 51.6 Å². The predicted molar refractivity (Wildman–Crippen MR) is 73.1 cm³/mol. The van der Waals surface area contributed by atoms with E-state index in [9.17, 15) is 14.3 Å². The molecule has 104 valence electrons. The maximum Gasteiger partial charge on any atom is 0.326 e. The van der Waals surface area contributed by atoms with Gasteiger partial charge in [0, 0.05) is 11.2 Å². The van der Waals surface area contributed by atoms with Gasteiger partial charge < -0.3 is 10.0 Å². The number of benzene rings is 1. The number of aliphatic carboxylic acids is 1. The van der Waals surface area contributed by atoms with Crippen LogP contribution in [0.1, 0.15) is 45.6 Å². The number of hydrogen-bond acceptors (Lipinski definition) is 2. The van der Waals surface area contributed by atoms with Crippen LogP contribution in [0, 0.1) is 5.82 Å². The standard InChI is InChI=1S/C15H20FNO2/c1-9-8-15(3,4)17(10(2)14(18)19)13-6-5-11(16)7-12(9)13/h5-7,9-10H,8H2,1-4H3,(H,18,19)/t9-,10-/m1/s1. The lowest BCUT2D eigenvalue weighted by Gasteiger charge is -2.49. The van der Waals surface area contributed by atoms with Gasteiger partial charge in [-0.2, -0.15) is 0 Å². The lowest BCUT2D eigenvalue weighted by Crippen LogP contribution is -2.55. The molecular weight excluding hydrogens is 245 g/mol. The first kappa shape index (κ1) is 13.8. The average Bonchev–Trinajstić information content (AvgIpc) is 2.28. The monoisotopic (exact) mass is 265 g/mol. The van der Waals surface area contributed by atoms with Gasteiger partial charge in [0.15, 0.2) is 0 Å². The Morgan fingerprint density at radius 3 is 2.74 bits per heavy atom. The van der Waals surface area contributed by atoms with Crippen LogP contribution in [0.15, 0.2) is 18.2 Å². The number of hydrogen-bond donors (Lipinski definition) is 1. The Hall–Kier alpha value is -1.58. The van der Waals surface area contributed by atoms with Crippen molar-refractivity contribution in [2.75, 3.05) is 4.90 Å². The van der Waals surface area contributed by atoms with Crippen LogP contribution >= 0.6 is 0 Å². The molecule has 0 unspecified atom stereocenters. The summed E-state index contributed by atoms with van der Waals surface area (Å²) in [5.41, 5.74) is 1.47. The van der Waals surface area contributed by atoms with Gasteiger partial charge in [0.1, 0.15) is 11.9 Å². The summed E-state index contributed by atoms with van der Waals surface area (Å²) in [6.45, 7) is 7.81. The lowest BCUT2D eigenvalue weighted by atomic mass is 9.79. The van der Waals surface area contributed by atoms with E-state index in [4.69, 9.17) is 0 Å². The van der Waals surface area contributed by atoms with E-state index in [1.165, 1.54) is 12.1 Å². The molecule has 0 saturated carbocycles. The Kier molecular flexibility index (Phi) is 3.29. The highest BCUT2D eigenvalue weighted by atomic mass is 19.1. The van der Waals surface area contributed by atoms with E-state index in [2.05, 4.69) is 6.92 Å². The first-order valence-corrected chi connectivity index (χ1v) is 6.55. The molecule has 1 aromatic rings. The highest BCUT2D eigenvalue weighted by Gasteiger charge is 2.40. The molecule has 0 amide bonds. The van der Waals surface area contributed by atoms with Gasteiger partial charge in [0.25, 0.3) is 0 Å². The number of rotatable bonds is 2. The van der Waals surface area contributed by atoms with Crippen molar-refractivity contribution in [3.63, 3.8) is 0 Å². The summed E-state index contributed by atoms with van der Waals surface area (Å²) >= 11 is 0. The Morgan fingerprint density at radius 2 is 2.16 bits per heavy atom. The minimum absolute atomic E-state index is 0.220. The molecule has 0 aromatic heterocycles. The summed E-state index contributed by atoms with van der Waals surface area (Å²) in [6, 6.07) is 3.99. The highest BCUT2D eigenvalue weighted by Crippen LogP contribution is 2.44. The van der Waals surface area contributed by atoms with Crippen LogP contribution in [-0.4, -0.2) is 22.7 Å². The van der Waals surface area contributed by atoms with Crippen LogP contribution in [0.3, 0.4) is 0 Å². The molecule has 0 saturated heterocycles. The number of nitrogens with zero attached hydrogens (tertiary/aromatic N) is 1. The van der Waals surface area contributed by atoms with E-state index in [0.717, 1.165) is 17.7 Å². The molecule has 2 rings (SSSR count). The molecular formula is C15H20FNO2. The molecule has 1 aliphatic heterocycles. The molecule has 1 N–H and O–H groups in total. The fraction of sp³-hybridized carbons (Fsp3) is 0.533. The Balaban J connectivity index is 2.58. The second-order valence-corrected chi connectivity index (χ2v) is 6.00. The van der Waals surface area contributed by atoms with Crippen molar-refractivity contribution < 1.29 is 14.3 Å². The smallest absolute Gasteiger partial charge is 0.326 e. The van der Waals surface area contributed by atoms with Crippen LogP contribution in [-0.2, 0) is 4.79 Å². The molecule has 3 nitrogen and oxygen atoms in total. The van der Waals surface area contributed by atoms with Gasteiger partial charge in [0.2, 0.25) is 0 Å². The molecule has 0 spiro atoms. The van der Waals surface area contributed by atoms with Gasteiger partial charge in [-0.05, 0) is 56.9 Å². The minimum atomic E-state index is -0.863. The zero-order valence-electron chi connectivity index (χ0n) is 11.8. The first-order valence-electron chi connectivity index (χ1n) is 6.55. The Morgan fingerprint density at radius 1 is 1.53 bits per heavy atom. The maximum atomic E-state index is 13.4. The number of carbonyl (C=O) groups is 1. The topological polar surface area (TPSA) is 40.5 Å². The van der Waals surface area contributed by atoms with Crippen molar-refractivity contribution in [1.82, 2.24) is 0 Å². The van der Waals surface area contributed by atoms with Gasteiger partial charge in [-0.3, -0.25) is 0 Å². The van der Waals surface area contributed by atoms with Crippen molar-refractivity contribution in [1.29, 1.82) is 0 Å². The van der Waals surface area contributed by atoms with Gasteiger partial charge in [-0.1, -0.05) is 6.92 Å². The first-order chi connectivity index (χ1) is 8.74. The van der Waals surface area contributed by atoms with Crippen LogP contribution in [0.4, 0.5) is 10.1 Å². The van der Waals surface area contributed by atoms with Gasteiger partial charge in [-0.15, -0.1) is 0 Å². The second kappa shape index (κ2) is 4.51. The van der Waals surface area contributed by atoms with E-state index in [0.29, 0.717) is 0 Å². The summed E-state index contributed by atoms with van der Waals surface area (Å²) in [6.07, 6.45) is 0.807. The Bertz CT molecular complexity index is 513. The van der Waals surface area contributed by atoms with E-state index in [1.54, 1.807) is 13.0 Å². The number of anilines is 1. The van der Waals surface area contributed by atoms with Crippen LogP contribution < -0.4 is 4.90 Å². The van der Waals surface area contributed by atoms with E-state index in [1.807, 2.05) is 18.7 Å². The molecule has 4 heteroatoms. The Labute approximate surface area is 113 Å². The third kappa shape index (κ3) is 2.31. The van der Waals surface area contributed by atoms with Crippen LogP contribution in [0.5, 0.6) is 0 Å². The van der Waals surface area contributed by atoms with Crippen molar-refractivity contribution in [3.05, 3.63) is 29.6 Å². The molecule has 2 atom stereocenters. The summed E-state index contributed by atoms with van der Waals surface area (Å²) < 4.78 is 13.4. The SMILES string of the molecule is C[C@@H]1CC(C)(C)N([C@H](C)C(=O)O)c2ccc(F)cc21. The van der Waals surface area contributed by atoms with Crippen LogP contribution in [0.25, 0.3) is 0 Å². The van der Waals surface area contributed by atoms with Gasteiger partial charge in [-0.25, -0.2) is 9.18 Å². The summed E-state index contributed by atoms with van der Waals surface area (Å²) in [5, 5.41) is 9.30. The predicted octanol–water partition coefficient (Wildman–Crippen LogP) is 3.39. The largest absolute Gasteiger partial charge is 0.480 e. The normalized spacial score (nSPS) is 22.8. The molecule has 0 aliphatic carbocycles. The highest BCUT2D eigenvalue weighted by molar-refractivity contribution is 5.79. The summed E-state index contributed by atoms with van der Waals surface area (Å²) in [4.78, 5) is 13.2.